The normalized spacial score (nSPS) is 15.0. The summed E-state index contributed by atoms with van der Waals surface area (Å²) in [6.07, 6.45) is 9.34. The molecule has 11 heteroatoms. The van der Waals surface area contributed by atoms with Crippen LogP contribution in [0.4, 0.5) is 11.4 Å². The molecular weight excluding hydrogens is 420 g/mol. The van der Waals surface area contributed by atoms with Crippen LogP contribution in [-0.4, -0.2) is 45.3 Å². The minimum Gasteiger partial charge on any atom is -0.375 e. The minimum absolute atomic E-state index is 0.0574. The zero-order valence-electron chi connectivity index (χ0n) is 16.7. The lowest BCUT2D eigenvalue weighted by molar-refractivity contribution is -0.384. The molecule has 10 nitrogen and oxygen atoms in total. The molecule has 31 heavy (non-hydrogen) atoms. The Morgan fingerprint density at radius 1 is 1.13 bits per heavy atom. The van der Waals surface area contributed by atoms with Gasteiger partial charge in [-0.2, -0.15) is 4.31 Å². The van der Waals surface area contributed by atoms with Gasteiger partial charge in [-0.15, -0.1) is 0 Å². The molecule has 1 aliphatic heterocycles. The van der Waals surface area contributed by atoms with Gasteiger partial charge in [0.2, 0.25) is 10.0 Å². The molecular formula is C20H22N6O4S. The van der Waals surface area contributed by atoms with E-state index in [4.69, 9.17) is 0 Å². The predicted octanol–water partition coefficient (Wildman–Crippen LogP) is 2.96. The molecule has 1 aromatic carbocycles. The first-order chi connectivity index (χ1) is 14.9. The number of hydrogen-bond donors (Lipinski definition) is 1. The fourth-order valence-electron chi connectivity index (χ4n) is 3.49. The van der Waals surface area contributed by atoms with Crippen LogP contribution in [0.3, 0.4) is 0 Å². The maximum Gasteiger partial charge on any atom is 0.293 e. The van der Waals surface area contributed by atoms with Crippen LogP contribution in [-0.2, 0) is 16.6 Å². The highest BCUT2D eigenvalue weighted by molar-refractivity contribution is 7.89. The molecule has 3 aromatic rings. The summed E-state index contributed by atoms with van der Waals surface area (Å²) in [4.78, 5) is 19.3. The van der Waals surface area contributed by atoms with Crippen LogP contribution in [0, 0.1) is 10.1 Å². The van der Waals surface area contributed by atoms with Gasteiger partial charge in [-0.1, -0.05) is 12.5 Å². The molecule has 0 radical (unpaired) electrons. The molecule has 1 aliphatic rings. The van der Waals surface area contributed by atoms with Gasteiger partial charge in [-0.25, -0.2) is 18.4 Å². The van der Waals surface area contributed by atoms with Crippen molar-refractivity contribution in [3.05, 3.63) is 70.9 Å². The molecule has 0 saturated carbocycles. The number of nitrogens with one attached hydrogen (secondary N) is 1. The van der Waals surface area contributed by atoms with Crippen molar-refractivity contribution >= 4 is 21.4 Å². The Hall–Kier alpha value is -3.31. The molecule has 4 rings (SSSR count). The number of aromatic nitrogens is 3. The first-order valence-corrected chi connectivity index (χ1v) is 11.3. The second-order valence-corrected chi connectivity index (χ2v) is 9.19. The zero-order chi connectivity index (χ0) is 21.8. The summed E-state index contributed by atoms with van der Waals surface area (Å²) < 4.78 is 28.9. The van der Waals surface area contributed by atoms with Crippen molar-refractivity contribution in [1.29, 1.82) is 0 Å². The first-order valence-electron chi connectivity index (χ1n) is 9.91. The number of nitrogens with zero attached hydrogens (tertiary/aromatic N) is 5. The summed E-state index contributed by atoms with van der Waals surface area (Å²) in [5.74, 6) is 0.708. The Labute approximate surface area is 179 Å². The minimum atomic E-state index is -3.74. The van der Waals surface area contributed by atoms with E-state index >= 15 is 0 Å². The van der Waals surface area contributed by atoms with E-state index in [9.17, 15) is 18.5 Å². The lowest BCUT2D eigenvalue weighted by atomic mass is 10.2. The molecule has 0 spiro atoms. The van der Waals surface area contributed by atoms with Gasteiger partial charge in [0.05, 0.1) is 9.82 Å². The van der Waals surface area contributed by atoms with E-state index < -0.39 is 14.9 Å². The van der Waals surface area contributed by atoms with Crippen LogP contribution in [0.2, 0.25) is 0 Å². The van der Waals surface area contributed by atoms with Gasteiger partial charge >= 0.3 is 0 Å². The molecule has 1 fully saturated rings. The number of nitro benzene ring substituents is 1. The topological polar surface area (TPSA) is 123 Å². The van der Waals surface area contributed by atoms with Gasteiger partial charge in [-0.05, 0) is 36.6 Å². The van der Waals surface area contributed by atoms with Crippen LogP contribution in [0.25, 0.3) is 5.82 Å². The van der Waals surface area contributed by atoms with Crippen molar-refractivity contribution in [2.45, 2.75) is 30.7 Å². The Balaban J connectivity index is 1.51. The van der Waals surface area contributed by atoms with E-state index in [0.29, 0.717) is 25.5 Å². The summed E-state index contributed by atoms with van der Waals surface area (Å²) >= 11 is 0. The molecule has 0 amide bonds. The molecule has 162 valence electrons. The van der Waals surface area contributed by atoms with E-state index in [1.165, 1.54) is 16.4 Å². The van der Waals surface area contributed by atoms with Gasteiger partial charge in [-0.3, -0.25) is 14.7 Å². The Morgan fingerprint density at radius 2 is 1.94 bits per heavy atom. The van der Waals surface area contributed by atoms with Gasteiger partial charge in [0.15, 0.2) is 0 Å². The van der Waals surface area contributed by atoms with E-state index in [-0.39, 0.29) is 16.3 Å². The standard InChI is InChI=1S/C20H22N6O4S/c27-26(28)19-12-17(31(29,30)25-9-2-1-3-10-25)5-6-18(19)22-13-16-4-7-20(23-14-16)24-11-8-21-15-24/h4-8,11-12,14-15,22H,1-3,9-10,13H2. The number of imidazole rings is 1. The number of nitro groups is 1. The molecule has 2 aromatic heterocycles. The van der Waals surface area contributed by atoms with Gasteiger partial charge in [0.1, 0.15) is 17.8 Å². The molecule has 0 atom stereocenters. The number of benzene rings is 1. The van der Waals surface area contributed by atoms with Crippen LogP contribution in [0.5, 0.6) is 0 Å². The lowest BCUT2D eigenvalue weighted by Crippen LogP contribution is -2.35. The summed E-state index contributed by atoms with van der Waals surface area (Å²) in [5.41, 5.74) is 0.797. The van der Waals surface area contributed by atoms with Crippen molar-refractivity contribution in [1.82, 2.24) is 18.8 Å². The quantitative estimate of drug-likeness (QED) is 0.441. The van der Waals surface area contributed by atoms with Crippen LogP contribution < -0.4 is 5.32 Å². The molecule has 1 N–H and O–H groups in total. The average Bonchev–Trinajstić information content (AvgIpc) is 3.33. The average molecular weight is 443 g/mol. The van der Waals surface area contributed by atoms with Crippen LogP contribution in [0.1, 0.15) is 24.8 Å². The molecule has 3 heterocycles. The number of anilines is 1. The Bertz CT molecular complexity index is 1160. The SMILES string of the molecule is O=[N+]([O-])c1cc(S(=O)(=O)N2CCCCC2)ccc1NCc1ccc(-n2ccnc2)nc1. The lowest BCUT2D eigenvalue weighted by Gasteiger charge is -2.25. The number of piperidine rings is 1. The number of hydrogen-bond acceptors (Lipinski definition) is 7. The number of pyridine rings is 1. The smallest absolute Gasteiger partial charge is 0.293 e. The second kappa shape index (κ2) is 8.82. The number of sulfonamides is 1. The van der Waals surface area contributed by atoms with Crippen molar-refractivity contribution in [2.75, 3.05) is 18.4 Å². The summed E-state index contributed by atoms with van der Waals surface area (Å²) in [5, 5.41) is 14.6. The molecule has 0 bridgehead atoms. The summed E-state index contributed by atoms with van der Waals surface area (Å²) in [7, 11) is -3.74. The van der Waals surface area contributed by atoms with E-state index in [1.807, 2.05) is 12.1 Å². The largest absolute Gasteiger partial charge is 0.375 e. The molecule has 1 saturated heterocycles. The highest BCUT2D eigenvalue weighted by Gasteiger charge is 2.28. The van der Waals surface area contributed by atoms with Crippen molar-refractivity contribution in [2.24, 2.45) is 0 Å². The van der Waals surface area contributed by atoms with Gasteiger partial charge in [0, 0.05) is 44.3 Å². The third-order valence-electron chi connectivity index (χ3n) is 5.18. The van der Waals surface area contributed by atoms with E-state index in [1.54, 1.807) is 29.5 Å². The van der Waals surface area contributed by atoms with E-state index in [2.05, 4.69) is 15.3 Å². The monoisotopic (exact) mass is 442 g/mol. The highest BCUT2D eigenvalue weighted by atomic mass is 32.2. The van der Waals surface area contributed by atoms with Gasteiger partial charge in [0.25, 0.3) is 5.69 Å². The van der Waals surface area contributed by atoms with Crippen LogP contribution >= 0.6 is 0 Å². The third-order valence-corrected chi connectivity index (χ3v) is 7.07. The Kier molecular flexibility index (Phi) is 5.96. The van der Waals surface area contributed by atoms with Gasteiger partial charge < -0.3 is 5.32 Å². The molecule has 0 aliphatic carbocycles. The maximum atomic E-state index is 12.9. The van der Waals surface area contributed by atoms with Crippen LogP contribution in [0.15, 0.2) is 60.1 Å². The van der Waals surface area contributed by atoms with E-state index in [0.717, 1.165) is 30.9 Å². The van der Waals surface area contributed by atoms with Crippen molar-refractivity contribution < 1.29 is 13.3 Å². The fourth-order valence-corrected chi connectivity index (χ4v) is 5.03. The Morgan fingerprint density at radius 3 is 2.58 bits per heavy atom. The zero-order valence-corrected chi connectivity index (χ0v) is 17.5. The van der Waals surface area contributed by atoms with Crippen molar-refractivity contribution in [3.8, 4) is 5.82 Å². The summed E-state index contributed by atoms with van der Waals surface area (Å²) in [6.45, 7) is 1.19. The summed E-state index contributed by atoms with van der Waals surface area (Å²) in [6, 6.07) is 7.67. The fraction of sp³-hybridized carbons (Fsp3) is 0.300. The predicted molar refractivity (Wildman–Crippen MR) is 114 cm³/mol. The first kappa shape index (κ1) is 20.9. The highest BCUT2D eigenvalue weighted by Crippen LogP contribution is 2.30. The molecule has 0 unspecified atom stereocenters. The third kappa shape index (κ3) is 4.57. The second-order valence-electron chi connectivity index (χ2n) is 7.25. The van der Waals surface area contributed by atoms with Crippen molar-refractivity contribution in [3.63, 3.8) is 0 Å². The number of rotatable bonds is 7. The maximum absolute atomic E-state index is 12.9.